The number of pyridine rings is 8. The van der Waals surface area contributed by atoms with Crippen LogP contribution >= 0.6 is 19.1 Å². The summed E-state index contributed by atoms with van der Waals surface area (Å²) < 4.78 is 0. The maximum Gasteiger partial charge on any atom is 0.0996 e. The molecule has 2 aromatic carbocycles. The molecule has 11 rings (SSSR count). The molecule has 0 saturated carbocycles. The summed E-state index contributed by atoms with van der Waals surface area (Å²) in [5, 5.41) is 3.76. The van der Waals surface area contributed by atoms with Gasteiger partial charge in [-0.3, -0.25) is 44.7 Å². The molecule has 0 atom stereocenters. The van der Waals surface area contributed by atoms with Gasteiger partial charge in [0.1, 0.15) is 5.78 Å². The molecule has 9 aromatic heterocycles. The summed E-state index contributed by atoms with van der Waals surface area (Å²) in [6.45, 7) is 3.61. The number of fused-ring (bicyclic) bond motifs is 12. The molecule has 0 radical (unpaired) electrons. The Bertz CT molecular complexity index is 3050. The molecule has 63 heavy (non-hydrogen) atoms. The molecule has 0 amide bonds. The van der Waals surface area contributed by atoms with Crippen molar-refractivity contribution in [3.8, 4) is 22.8 Å². The monoisotopic (exact) mass is 1040 g/mol. The Morgan fingerprint density at radius 3 is 1.17 bits per heavy atom. The van der Waals surface area contributed by atoms with Crippen LogP contribution < -0.4 is 0 Å². The second kappa shape index (κ2) is 21.3. The van der Waals surface area contributed by atoms with Crippen molar-refractivity contribution in [3.05, 3.63) is 170 Å². The van der Waals surface area contributed by atoms with Crippen molar-refractivity contribution in [2.24, 2.45) is 0 Å². The van der Waals surface area contributed by atoms with Gasteiger partial charge in [-0.15, -0.1) is 0 Å². The number of hydrogen-bond donors (Lipinski definition) is 0. The molecule has 0 unspecified atom stereocenters. The summed E-state index contributed by atoms with van der Waals surface area (Å²) in [7, 11) is 9.63. The molecule has 0 saturated heterocycles. The molecule has 9 heterocycles. The van der Waals surface area contributed by atoms with E-state index in [1.54, 1.807) is 56.5 Å². The number of rotatable bonds is 4. The third kappa shape index (κ3) is 10.2. The first-order valence-electron chi connectivity index (χ1n) is 19.2. The molecular formula is C48H34Cl2N10OPdRu. The quantitative estimate of drug-likeness (QED) is 0.0943. The van der Waals surface area contributed by atoms with Gasteiger partial charge in [-0.05, 0) is 122 Å². The molecular weight excluding hydrogens is 1010 g/mol. The fourth-order valence-electron chi connectivity index (χ4n) is 7.04. The maximum atomic E-state index is 11.1. The Balaban J connectivity index is 0.000000153. The number of benzene rings is 2. The van der Waals surface area contributed by atoms with Gasteiger partial charge in [-0.2, -0.15) is 0 Å². The minimum atomic E-state index is -0.106. The zero-order valence-corrected chi connectivity index (χ0v) is 38.3. The van der Waals surface area contributed by atoms with E-state index in [-0.39, 0.29) is 41.2 Å². The van der Waals surface area contributed by atoms with Crippen LogP contribution in [0.3, 0.4) is 0 Å². The number of halogens is 2. The van der Waals surface area contributed by atoms with E-state index in [1.165, 1.54) is 0 Å². The molecule has 0 fully saturated rings. The van der Waals surface area contributed by atoms with Crippen LogP contribution in [0.5, 0.6) is 0 Å². The van der Waals surface area contributed by atoms with E-state index in [9.17, 15) is 4.79 Å². The number of nitrogens with zero attached hydrogens (tertiary/aromatic N) is 10. The van der Waals surface area contributed by atoms with Crippen molar-refractivity contribution < 1.29 is 40.2 Å². The van der Waals surface area contributed by atoms with E-state index >= 15 is 0 Å². The summed E-state index contributed by atoms with van der Waals surface area (Å²) in [5.41, 5.74) is 12.2. The Labute approximate surface area is 390 Å². The number of Topliss-reactive ketones (excluding diaryl/α,β-unsaturated/α-hetero) is 1. The van der Waals surface area contributed by atoms with E-state index < -0.39 is 0 Å². The van der Waals surface area contributed by atoms with Gasteiger partial charge in [0.25, 0.3) is 0 Å². The largest absolute Gasteiger partial charge is 0.255 e. The minimum Gasteiger partial charge on any atom is -0.255 e. The van der Waals surface area contributed by atoms with Crippen molar-refractivity contribution in [3.63, 3.8) is 0 Å². The van der Waals surface area contributed by atoms with Crippen LogP contribution in [0.4, 0.5) is 0 Å². The number of aromatic nitrogens is 10. The van der Waals surface area contributed by atoms with Crippen molar-refractivity contribution in [2.45, 2.75) is 20.3 Å². The van der Waals surface area contributed by atoms with E-state index in [1.807, 2.05) is 116 Å². The molecule has 15 heteroatoms. The maximum absolute atomic E-state index is 11.1. The molecule has 0 spiro atoms. The average Bonchev–Trinajstić information content (AvgIpc) is 3.32. The smallest absolute Gasteiger partial charge is 0.0996 e. The van der Waals surface area contributed by atoms with Crippen LogP contribution in [0.2, 0.25) is 0 Å². The van der Waals surface area contributed by atoms with Gasteiger partial charge < -0.3 is 0 Å². The van der Waals surface area contributed by atoms with E-state index in [0.717, 1.165) is 99.6 Å². The first-order chi connectivity index (χ1) is 30.4. The number of carbonyl (C=O) groups excluding carboxylic acids is 1. The summed E-state index contributed by atoms with van der Waals surface area (Å²) in [6.07, 6.45) is 14.6. The Hall–Kier alpha value is -6.18. The normalized spacial score (nSPS) is 10.7. The number of hydrogen-bond acceptors (Lipinski definition) is 11. The molecule has 11 aromatic rings. The summed E-state index contributed by atoms with van der Waals surface area (Å²) >= 11 is -0.106. The second-order valence-corrected chi connectivity index (χ2v) is 16.2. The van der Waals surface area contributed by atoms with Gasteiger partial charge in [0.15, 0.2) is 0 Å². The van der Waals surface area contributed by atoms with Crippen LogP contribution in [-0.2, 0) is 46.6 Å². The minimum absolute atomic E-state index is 0. The molecule has 0 bridgehead atoms. The van der Waals surface area contributed by atoms with Crippen molar-refractivity contribution >= 4 is 90.5 Å². The fraction of sp³-hybridized carbons (Fsp3) is 0.0625. The van der Waals surface area contributed by atoms with Crippen LogP contribution in [-0.4, -0.2) is 55.6 Å². The third-order valence-corrected chi connectivity index (χ3v) is 9.64. The van der Waals surface area contributed by atoms with Gasteiger partial charge in [0, 0.05) is 97.0 Å². The number of carbonyl (C=O) groups is 1. The third-order valence-electron chi connectivity index (χ3n) is 9.64. The molecule has 0 aliphatic rings. The predicted octanol–water partition coefficient (Wildman–Crippen LogP) is 11.1. The zero-order valence-electron chi connectivity index (χ0n) is 33.5. The number of aryl methyl sites for hydroxylation is 1. The summed E-state index contributed by atoms with van der Waals surface area (Å²) in [5.74, 6) is 0.152. The summed E-state index contributed by atoms with van der Waals surface area (Å²) in [4.78, 5) is 56.7. The van der Waals surface area contributed by atoms with Gasteiger partial charge in [0.2, 0.25) is 0 Å². The zero-order chi connectivity index (χ0) is 42.8. The van der Waals surface area contributed by atoms with Gasteiger partial charge in [-0.1, -0.05) is 12.1 Å². The van der Waals surface area contributed by atoms with E-state index in [2.05, 4.69) is 39.9 Å². The SMILES string of the molecule is CC(=O)Cc1ccnc(-c2cc(C)ccn2)c1.[Cl][Pd][Cl].[Ru].c1ccc(-c2ccccn2)nc1.c1cnc2c(c1)c1nc3c4cccnc4c4ncccc4c3nc1c1cccnc12. The fourth-order valence-corrected chi connectivity index (χ4v) is 7.04. The van der Waals surface area contributed by atoms with Crippen molar-refractivity contribution in [1.29, 1.82) is 0 Å². The first kappa shape index (κ1) is 44.9. The Morgan fingerprint density at radius 1 is 0.444 bits per heavy atom. The van der Waals surface area contributed by atoms with E-state index in [4.69, 9.17) is 29.0 Å². The Morgan fingerprint density at radius 2 is 0.810 bits per heavy atom. The molecule has 11 nitrogen and oxygen atoms in total. The van der Waals surface area contributed by atoms with Gasteiger partial charge >= 0.3 is 35.0 Å². The van der Waals surface area contributed by atoms with Crippen LogP contribution in [0, 0.1) is 6.92 Å². The van der Waals surface area contributed by atoms with Gasteiger partial charge in [-0.25, -0.2) is 9.97 Å². The standard InChI is InChI=1S/C24H12N6.C14H14N2O.C10H8N2.2ClH.Pd.Ru/c1-5-13-17(25-9-1)18-14(6-2-10-26-18)22-21(13)29-23-15-7-3-11-27-19(15)20-16(24(23)30-22)8-4-12-28-20;1-10-3-5-15-13(7-10)14-9-12(4-6-16-14)8-11(2)17;1-3-7-11-9(5-1)10-6-2-4-8-12-10;;;;/h1-12H;3-7,9H,8H2,1-2H3;1-8H;2*1H;;/q;;;;;+2;/p-2. The molecule has 0 N–H and O–H groups in total. The van der Waals surface area contributed by atoms with Crippen molar-refractivity contribution in [1.82, 2.24) is 49.8 Å². The van der Waals surface area contributed by atoms with Crippen LogP contribution in [0.1, 0.15) is 18.1 Å². The van der Waals surface area contributed by atoms with Crippen LogP contribution in [0.15, 0.2) is 159 Å². The molecule has 314 valence electrons. The van der Waals surface area contributed by atoms with Crippen molar-refractivity contribution in [2.75, 3.05) is 0 Å². The number of ketones is 1. The molecule has 0 aliphatic heterocycles. The van der Waals surface area contributed by atoms with Gasteiger partial charge in [0.05, 0.1) is 66.9 Å². The van der Waals surface area contributed by atoms with Crippen LogP contribution in [0.25, 0.3) is 88.5 Å². The van der Waals surface area contributed by atoms with E-state index in [0.29, 0.717) is 6.42 Å². The second-order valence-electron chi connectivity index (χ2n) is 13.8. The topological polar surface area (TPSA) is 146 Å². The summed E-state index contributed by atoms with van der Waals surface area (Å²) in [6, 6.07) is 35.1. The first-order valence-corrected chi connectivity index (χ1v) is 23.2. The Kier molecular flexibility index (Phi) is 15.1. The average molecular weight is 1050 g/mol. The molecule has 0 aliphatic carbocycles. The predicted molar refractivity (Wildman–Crippen MR) is 244 cm³/mol.